The lowest BCUT2D eigenvalue weighted by Gasteiger charge is -2.05. The van der Waals surface area contributed by atoms with Crippen molar-refractivity contribution in [3.63, 3.8) is 0 Å². The van der Waals surface area contributed by atoms with E-state index in [1.807, 2.05) is 6.92 Å². The van der Waals surface area contributed by atoms with Gasteiger partial charge in [-0.2, -0.15) is 0 Å². The Balaban J connectivity index is 2.44. The molecule has 0 aliphatic heterocycles. The molecule has 0 aromatic carbocycles. The van der Waals surface area contributed by atoms with Gasteiger partial charge in [0.1, 0.15) is 6.33 Å². The summed E-state index contributed by atoms with van der Waals surface area (Å²) in [5, 5.41) is 18.2. The van der Waals surface area contributed by atoms with Gasteiger partial charge < -0.3 is 10.0 Å². The molecule has 0 bridgehead atoms. The highest BCUT2D eigenvalue weighted by molar-refractivity contribution is 6.58. The summed E-state index contributed by atoms with van der Waals surface area (Å²) in [6, 6.07) is 1.46. The van der Waals surface area contributed by atoms with Crippen LogP contribution in [-0.4, -0.2) is 31.7 Å². The molecule has 0 fully saturated rings. The van der Waals surface area contributed by atoms with Crippen molar-refractivity contribution in [3.8, 4) is 5.82 Å². The molecule has 5 nitrogen and oxygen atoms in total. The van der Waals surface area contributed by atoms with Crippen LogP contribution in [0, 0.1) is 6.92 Å². The number of halogens is 1. The van der Waals surface area contributed by atoms with Crippen LogP contribution in [0.4, 0.5) is 0 Å². The first-order valence-corrected chi connectivity index (χ1v) is 4.98. The zero-order valence-electron chi connectivity index (χ0n) is 8.50. The van der Waals surface area contributed by atoms with E-state index in [2.05, 4.69) is 9.97 Å². The van der Waals surface area contributed by atoms with Gasteiger partial charge in [-0.05, 0) is 13.0 Å². The second-order valence-electron chi connectivity index (χ2n) is 3.37. The molecule has 16 heavy (non-hydrogen) atoms. The lowest BCUT2D eigenvalue weighted by Crippen LogP contribution is -2.30. The maximum absolute atomic E-state index is 8.95. The molecule has 7 heteroatoms. The summed E-state index contributed by atoms with van der Waals surface area (Å²) in [5.74, 6) is 0.506. The summed E-state index contributed by atoms with van der Waals surface area (Å²) in [6.45, 7) is 1.86. The number of aromatic nitrogens is 3. The van der Waals surface area contributed by atoms with Gasteiger partial charge in [-0.1, -0.05) is 11.6 Å². The predicted molar refractivity (Wildman–Crippen MR) is 60.9 cm³/mol. The topological polar surface area (TPSA) is 71.2 Å². The fraction of sp³-hybridized carbons (Fsp3) is 0.111. The van der Waals surface area contributed by atoms with Crippen LogP contribution >= 0.6 is 11.6 Å². The molecule has 2 heterocycles. The van der Waals surface area contributed by atoms with Gasteiger partial charge in [0, 0.05) is 17.9 Å². The number of rotatable bonds is 2. The summed E-state index contributed by atoms with van der Waals surface area (Å²) in [5.41, 5.74) is 1.11. The van der Waals surface area contributed by atoms with Gasteiger partial charge in [-0.15, -0.1) is 0 Å². The Morgan fingerprint density at radius 2 is 2.12 bits per heavy atom. The molecule has 82 valence electrons. The van der Waals surface area contributed by atoms with E-state index in [-0.39, 0.29) is 5.46 Å². The van der Waals surface area contributed by atoms with Crippen LogP contribution in [0.2, 0.25) is 5.02 Å². The van der Waals surface area contributed by atoms with Gasteiger partial charge in [0.2, 0.25) is 0 Å². The lowest BCUT2D eigenvalue weighted by atomic mass is 9.82. The van der Waals surface area contributed by atoms with Crippen molar-refractivity contribution in [2.75, 3.05) is 0 Å². The van der Waals surface area contributed by atoms with Gasteiger partial charge >= 0.3 is 7.12 Å². The highest BCUT2D eigenvalue weighted by Crippen LogP contribution is 2.16. The lowest BCUT2D eigenvalue weighted by molar-refractivity contribution is 0.425. The van der Waals surface area contributed by atoms with E-state index < -0.39 is 7.12 Å². The standard InChI is InChI=1S/C9H9BClN3O2/c1-6-4-14(5-13-6)9-8(11)2-7(3-12-9)10(15)16/h2-5,15-16H,1H3. The first-order chi connectivity index (χ1) is 7.58. The molecule has 2 aromatic heterocycles. The van der Waals surface area contributed by atoms with Crippen LogP contribution in [-0.2, 0) is 0 Å². The molecule has 0 aliphatic rings. The summed E-state index contributed by atoms with van der Waals surface area (Å²) >= 11 is 5.98. The normalized spacial score (nSPS) is 10.5. The minimum atomic E-state index is -1.57. The second-order valence-corrected chi connectivity index (χ2v) is 3.78. The van der Waals surface area contributed by atoms with E-state index >= 15 is 0 Å². The maximum Gasteiger partial charge on any atom is 0.490 e. The minimum absolute atomic E-state index is 0.255. The fourth-order valence-corrected chi connectivity index (χ4v) is 1.59. The summed E-state index contributed by atoms with van der Waals surface area (Å²) in [6.07, 6.45) is 4.74. The Morgan fingerprint density at radius 3 is 2.62 bits per heavy atom. The Bertz CT molecular complexity index is 515. The third kappa shape index (κ3) is 2.09. The smallest absolute Gasteiger partial charge is 0.423 e. The Kier molecular flexibility index (Phi) is 2.96. The molecule has 0 saturated heterocycles. The van der Waals surface area contributed by atoms with Crippen molar-refractivity contribution in [2.45, 2.75) is 6.92 Å². The van der Waals surface area contributed by atoms with E-state index in [4.69, 9.17) is 21.6 Å². The van der Waals surface area contributed by atoms with Crippen molar-refractivity contribution >= 4 is 24.2 Å². The van der Waals surface area contributed by atoms with Crippen LogP contribution in [0.25, 0.3) is 5.82 Å². The SMILES string of the molecule is Cc1cn(-c2ncc(B(O)O)cc2Cl)cn1. The van der Waals surface area contributed by atoms with Crippen molar-refractivity contribution < 1.29 is 10.0 Å². The predicted octanol–water partition coefficient (Wildman–Crippen LogP) is -0.0911. The van der Waals surface area contributed by atoms with Crippen LogP contribution in [0.15, 0.2) is 24.8 Å². The molecule has 0 radical (unpaired) electrons. The number of nitrogens with zero attached hydrogens (tertiary/aromatic N) is 3. The van der Waals surface area contributed by atoms with Gasteiger partial charge in [0.05, 0.1) is 10.7 Å². The first kappa shape index (κ1) is 11.1. The van der Waals surface area contributed by atoms with Crippen LogP contribution in [0.5, 0.6) is 0 Å². The average molecular weight is 237 g/mol. The van der Waals surface area contributed by atoms with E-state index in [1.165, 1.54) is 12.3 Å². The molecule has 0 aliphatic carbocycles. The zero-order valence-corrected chi connectivity index (χ0v) is 9.26. The molecule has 2 aromatic rings. The van der Waals surface area contributed by atoms with Gasteiger partial charge in [-0.3, -0.25) is 4.57 Å². The van der Waals surface area contributed by atoms with Gasteiger partial charge in [0.25, 0.3) is 0 Å². The van der Waals surface area contributed by atoms with E-state index in [0.29, 0.717) is 10.8 Å². The highest BCUT2D eigenvalue weighted by Gasteiger charge is 2.14. The van der Waals surface area contributed by atoms with Gasteiger partial charge in [0.15, 0.2) is 5.82 Å². The zero-order chi connectivity index (χ0) is 11.7. The first-order valence-electron chi connectivity index (χ1n) is 4.60. The van der Waals surface area contributed by atoms with Crippen LogP contribution in [0.3, 0.4) is 0 Å². The van der Waals surface area contributed by atoms with Crippen LogP contribution in [0.1, 0.15) is 5.69 Å². The van der Waals surface area contributed by atoms with E-state index in [0.717, 1.165) is 5.69 Å². The van der Waals surface area contributed by atoms with E-state index in [9.17, 15) is 0 Å². The molecule has 2 rings (SSSR count). The number of aryl methyl sites for hydroxylation is 1. The summed E-state index contributed by atoms with van der Waals surface area (Å²) < 4.78 is 1.67. The molecule has 0 atom stereocenters. The largest absolute Gasteiger partial charge is 0.490 e. The summed E-state index contributed by atoms with van der Waals surface area (Å²) in [7, 11) is -1.57. The Morgan fingerprint density at radius 1 is 1.38 bits per heavy atom. The number of hydrogen-bond donors (Lipinski definition) is 2. The molecule has 0 saturated carbocycles. The molecule has 0 unspecified atom stereocenters. The third-order valence-electron chi connectivity index (χ3n) is 2.10. The quantitative estimate of drug-likeness (QED) is 0.716. The van der Waals surface area contributed by atoms with Crippen molar-refractivity contribution in [1.82, 2.24) is 14.5 Å². The van der Waals surface area contributed by atoms with E-state index in [1.54, 1.807) is 17.1 Å². The van der Waals surface area contributed by atoms with Crippen LogP contribution < -0.4 is 5.46 Å². The number of imidazole rings is 1. The number of pyridine rings is 1. The highest BCUT2D eigenvalue weighted by atomic mass is 35.5. The average Bonchev–Trinajstić information content (AvgIpc) is 2.64. The number of hydrogen-bond acceptors (Lipinski definition) is 4. The summed E-state index contributed by atoms with van der Waals surface area (Å²) in [4.78, 5) is 8.11. The maximum atomic E-state index is 8.95. The Hall–Kier alpha value is -1.37. The molecular weight excluding hydrogens is 228 g/mol. The molecule has 2 N–H and O–H groups in total. The molecule has 0 spiro atoms. The Labute approximate surface area is 97.5 Å². The molecular formula is C9H9BClN3O2. The van der Waals surface area contributed by atoms with Crippen molar-refractivity contribution in [2.24, 2.45) is 0 Å². The monoisotopic (exact) mass is 237 g/mol. The minimum Gasteiger partial charge on any atom is -0.423 e. The molecule has 0 amide bonds. The fourth-order valence-electron chi connectivity index (χ4n) is 1.31. The second kappa shape index (κ2) is 4.25. The van der Waals surface area contributed by atoms with Gasteiger partial charge in [-0.25, -0.2) is 9.97 Å². The van der Waals surface area contributed by atoms with Crippen molar-refractivity contribution in [3.05, 3.63) is 35.5 Å². The van der Waals surface area contributed by atoms with Crippen molar-refractivity contribution in [1.29, 1.82) is 0 Å². The third-order valence-corrected chi connectivity index (χ3v) is 2.38.